The van der Waals surface area contributed by atoms with Gasteiger partial charge >= 0.3 is 0 Å². The standard InChI is InChI=1S/C16H25NO3/c1-13-5-6-16(18)14(10-13)11-17-7-3-8-19-12-15-4-2-9-20-15/h5-6,10,15,17-18H,2-4,7-9,11-12H2,1H3. The average molecular weight is 279 g/mol. The number of ether oxygens (including phenoxy) is 2. The van der Waals surface area contributed by atoms with Crippen molar-refractivity contribution in [1.29, 1.82) is 0 Å². The van der Waals surface area contributed by atoms with Gasteiger partial charge in [-0.1, -0.05) is 17.7 Å². The summed E-state index contributed by atoms with van der Waals surface area (Å²) in [5.41, 5.74) is 2.12. The van der Waals surface area contributed by atoms with Crippen molar-refractivity contribution < 1.29 is 14.6 Å². The highest BCUT2D eigenvalue weighted by molar-refractivity contribution is 5.35. The SMILES string of the molecule is Cc1ccc(O)c(CNCCCOCC2CCCO2)c1. The Labute approximate surface area is 121 Å². The number of aryl methyl sites for hydroxylation is 1. The summed E-state index contributed by atoms with van der Waals surface area (Å²) in [5.74, 6) is 0.359. The zero-order valence-electron chi connectivity index (χ0n) is 12.2. The molecule has 1 fully saturated rings. The highest BCUT2D eigenvalue weighted by atomic mass is 16.5. The molecule has 1 aliphatic heterocycles. The first-order valence-electron chi connectivity index (χ1n) is 7.44. The van der Waals surface area contributed by atoms with Gasteiger partial charge in [-0.15, -0.1) is 0 Å². The van der Waals surface area contributed by atoms with Crippen molar-refractivity contribution in [2.75, 3.05) is 26.4 Å². The third kappa shape index (κ3) is 5.12. The lowest BCUT2D eigenvalue weighted by molar-refractivity contribution is 0.0166. The molecule has 20 heavy (non-hydrogen) atoms. The fourth-order valence-corrected chi connectivity index (χ4v) is 2.37. The number of aromatic hydroxyl groups is 1. The predicted octanol–water partition coefficient (Wildman–Crippen LogP) is 2.38. The second-order valence-electron chi connectivity index (χ2n) is 5.37. The molecule has 4 nitrogen and oxygen atoms in total. The van der Waals surface area contributed by atoms with Crippen molar-refractivity contribution >= 4 is 0 Å². The summed E-state index contributed by atoms with van der Waals surface area (Å²) in [6.45, 7) is 5.97. The third-order valence-electron chi connectivity index (χ3n) is 3.52. The molecule has 0 bridgehead atoms. The number of hydrogen-bond acceptors (Lipinski definition) is 4. The third-order valence-corrected chi connectivity index (χ3v) is 3.52. The Bertz CT molecular complexity index is 403. The van der Waals surface area contributed by atoms with Crippen LogP contribution in [0.4, 0.5) is 0 Å². The molecule has 0 saturated carbocycles. The fourth-order valence-electron chi connectivity index (χ4n) is 2.37. The molecule has 0 aromatic heterocycles. The van der Waals surface area contributed by atoms with Crippen LogP contribution in [-0.4, -0.2) is 37.6 Å². The topological polar surface area (TPSA) is 50.7 Å². The quantitative estimate of drug-likeness (QED) is 0.717. The van der Waals surface area contributed by atoms with E-state index in [0.717, 1.165) is 51.2 Å². The van der Waals surface area contributed by atoms with E-state index >= 15 is 0 Å². The Kier molecular flexibility index (Phi) is 6.30. The van der Waals surface area contributed by atoms with Crippen LogP contribution in [0.3, 0.4) is 0 Å². The van der Waals surface area contributed by atoms with Gasteiger partial charge < -0.3 is 19.9 Å². The minimum atomic E-state index is 0.312. The van der Waals surface area contributed by atoms with Gasteiger partial charge in [0.1, 0.15) is 5.75 Å². The molecule has 0 amide bonds. The summed E-state index contributed by atoms with van der Waals surface area (Å²) in [6.07, 6.45) is 3.58. The van der Waals surface area contributed by atoms with Crippen LogP contribution in [-0.2, 0) is 16.0 Å². The van der Waals surface area contributed by atoms with Crippen molar-refractivity contribution in [2.45, 2.75) is 38.8 Å². The summed E-state index contributed by atoms with van der Waals surface area (Å²) >= 11 is 0. The van der Waals surface area contributed by atoms with Gasteiger partial charge in [0, 0.05) is 25.3 Å². The van der Waals surface area contributed by atoms with Crippen molar-refractivity contribution in [1.82, 2.24) is 5.32 Å². The summed E-state index contributed by atoms with van der Waals surface area (Å²) in [5, 5.41) is 13.0. The van der Waals surface area contributed by atoms with Gasteiger partial charge in [0.25, 0.3) is 0 Å². The highest BCUT2D eigenvalue weighted by Gasteiger charge is 2.14. The van der Waals surface area contributed by atoms with E-state index in [0.29, 0.717) is 18.4 Å². The van der Waals surface area contributed by atoms with Gasteiger partial charge in [-0.05, 0) is 38.8 Å². The molecule has 1 unspecified atom stereocenters. The van der Waals surface area contributed by atoms with E-state index in [-0.39, 0.29) is 0 Å². The van der Waals surface area contributed by atoms with E-state index in [1.807, 2.05) is 19.1 Å². The van der Waals surface area contributed by atoms with Gasteiger partial charge in [0.15, 0.2) is 0 Å². The first-order valence-corrected chi connectivity index (χ1v) is 7.44. The number of benzene rings is 1. The van der Waals surface area contributed by atoms with E-state index in [4.69, 9.17) is 9.47 Å². The van der Waals surface area contributed by atoms with Crippen LogP contribution in [0.2, 0.25) is 0 Å². The molecule has 0 spiro atoms. The zero-order valence-corrected chi connectivity index (χ0v) is 12.2. The Hall–Kier alpha value is -1.10. The van der Waals surface area contributed by atoms with Gasteiger partial charge in [-0.25, -0.2) is 0 Å². The molecule has 1 aromatic carbocycles. The minimum Gasteiger partial charge on any atom is -0.508 e. The number of phenolic OH excluding ortho intramolecular Hbond substituents is 1. The molecule has 1 atom stereocenters. The second kappa shape index (κ2) is 8.25. The molecule has 1 heterocycles. The first kappa shape index (κ1) is 15.3. The van der Waals surface area contributed by atoms with Crippen molar-refractivity contribution in [3.05, 3.63) is 29.3 Å². The van der Waals surface area contributed by atoms with Gasteiger partial charge in [-0.3, -0.25) is 0 Å². The lowest BCUT2D eigenvalue weighted by atomic mass is 10.1. The highest BCUT2D eigenvalue weighted by Crippen LogP contribution is 2.17. The van der Waals surface area contributed by atoms with Crippen molar-refractivity contribution in [3.63, 3.8) is 0 Å². The molecule has 2 rings (SSSR count). The van der Waals surface area contributed by atoms with Crippen LogP contribution in [0, 0.1) is 6.92 Å². The number of rotatable bonds is 8. The minimum absolute atomic E-state index is 0.312. The first-order chi connectivity index (χ1) is 9.75. The Morgan fingerprint density at radius 1 is 1.45 bits per heavy atom. The van der Waals surface area contributed by atoms with Gasteiger partial charge in [0.2, 0.25) is 0 Å². The molecule has 1 aromatic rings. The van der Waals surface area contributed by atoms with E-state index in [2.05, 4.69) is 5.32 Å². The van der Waals surface area contributed by atoms with Gasteiger partial charge in [0.05, 0.1) is 12.7 Å². The fraction of sp³-hybridized carbons (Fsp3) is 0.625. The molecule has 1 aliphatic rings. The summed E-state index contributed by atoms with van der Waals surface area (Å²) in [7, 11) is 0. The smallest absolute Gasteiger partial charge is 0.120 e. The van der Waals surface area contributed by atoms with Crippen LogP contribution in [0.1, 0.15) is 30.4 Å². The molecule has 0 radical (unpaired) electrons. The van der Waals surface area contributed by atoms with Crippen LogP contribution in [0.5, 0.6) is 5.75 Å². The number of phenols is 1. The van der Waals surface area contributed by atoms with Crippen molar-refractivity contribution in [3.8, 4) is 5.75 Å². The normalized spacial score (nSPS) is 18.6. The van der Waals surface area contributed by atoms with E-state index < -0.39 is 0 Å². The van der Waals surface area contributed by atoms with Gasteiger partial charge in [-0.2, -0.15) is 0 Å². The molecule has 2 N–H and O–H groups in total. The summed E-state index contributed by atoms with van der Waals surface area (Å²) < 4.78 is 11.1. The average Bonchev–Trinajstić information content (AvgIpc) is 2.94. The second-order valence-corrected chi connectivity index (χ2v) is 5.37. The maximum atomic E-state index is 9.72. The van der Waals surface area contributed by atoms with Crippen LogP contribution in [0.15, 0.2) is 18.2 Å². The molecule has 112 valence electrons. The van der Waals surface area contributed by atoms with Crippen LogP contribution in [0.25, 0.3) is 0 Å². The largest absolute Gasteiger partial charge is 0.508 e. The maximum Gasteiger partial charge on any atom is 0.120 e. The van der Waals surface area contributed by atoms with E-state index in [9.17, 15) is 5.11 Å². The molecule has 0 aliphatic carbocycles. The number of hydrogen-bond donors (Lipinski definition) is 2. The molecule has 4 heteroatoms. The lowest BCUT2D eigenvalue weighted by Crippen LogP contribution is -2.19. The predicted molar refractivity (Wildman–Crippen MR) is 79.0 cm³/mol. The van der Waals surface area contributed by atoms with Crippen molar-refractivity contribution in [2.24, 2.45) is 0 Å². The maximum absolute atomic E-state index is 9.72. The molecular weight excluding hydrogens is 254 g/mol. The lowest BCUT2D eigenvalue weighted by Gasteiger charge is -2.10. The Balaban J connectivity index is 1.51. The zero-order chi connectivity index (χ0) is 14.2. The molecule has 1 saturated heterocycles. The number of nitrogens with one attached hydrogen (secondary N) is 1. The van der Waals surface area contributed by atoms with E-state index in [1.165, 1.54) is 5.56 Å². The molecular formula is C16H25NO3. The Morgan fingerprint density at radius 2 is 2.35 bits per heavy atom. The Morgan fingerprint density at radius 3 is 3.15 bits per heavy atom. The monoisotopic (exact) mass is 279 g/mol. The summed E-state index contributed by atoms with van der Waals surface area (Å²) in [6, 6.07) is 5.67. The van der Waals surface area contributed by atoms with Crippen LogP contribution < -0.4 is 5.32 Å². The van der Waals surface area contributed by atoms with E-state index in [1.54, 1.807) is 6.07 Å². The van der Waals surface area contributed by atoms with Crippen LogP contribution >= 0.6 is 0 Å². The summed E-state index contributed by atoms with van der Waals surface area (Å²) in [4.78, 5) is 0.